The summed E-state index contributed by atoms with van der Waals surface area (Å²) >= 11 is 0. The molecule has 17 heavy (non-hydrogen) atoms. The van der Waals surface area contributed by atoms with Gasteiger partial charge < -0.3 is 20.2 Å². The first-order valence-electron chi connectivity index (χ1n) is 6.42. The Bertz CT molecular complexity index is 228. The fraction of sp³-hybridized carbons (Fsp3) is 0.917. The average Bonchev–Trinajstić information content (AvgIpc) is 2.34. The molecule has 2 N–H and O–H groups in total. The van der Waals surface area contributed by atoms with E-state index >= 15 is 0 Å². The summed E-state index contributed by atoms with van der Waals surface area (Å²) < 4.78 is 0. The number of nitrogens with one attached hydrogen (secondary N) is 1. The predicted molar refractivity (Wildman–Crippen MR) is 67.9 cm³/mol. The van der Waals surface area contributed by atoms with Crippen LogP contribution >= 0.6 is 0 Å². The zero-order chi connectivity index (χ0) is 12.7. The number of piperidine rings is 1. The second-order valence-corrected chi connectivity index (χ2v) is 4.70. The number of hydrogen-bond donors (Lipinski definition) is 2. The van der Waals surface area contributed by atoms with Gasteiger partial charge in [-0.05, 0) is 40.0 Å². The number of aliphatic hydroxyl groups is 1. The van der Waals surface area contributed by atoms with Gasteiger partial charge in [0.2, 0.25) is 5.91 Å². The van der Waals surface area contributed by atoms with Crippen LogP contribution in [0.1, 0.15) is 19.3 Å². The van der Waals surface area contributed by atoms with Crippen LogP contribution in [0.15, 0.2) is 0 Å². The van der Waals surface area contributed by atoms with Gasteiger partial charge in [0.15, 0.2) is 0 Å². The van der Waals surface area contributed by atoms with Crippen molar-refractivity contribution in [3.63, 3.8) is 0 Å². The zero-order valence-corrected chi connectivity index (χ0v) is 11.0. The summed E-state index contributed by atoms with van der Waals surface area (Å²) in [6.45, 7) is 3.29. The van der Waals surface area contributed by atoms with E-state index in [0.29, 0.717) is 25.6 Å². The minimum absolute atomic E-state index is 0.0532. The van der Waals surface area contributed by atoms with E-state index in [0.717, 1.165) is 25.9 Å². The first kappa shape index (κ1) is 14.4. The lowest BCUT2D eigenvalue weighted by molar-refractivity contribution is -0.135. The third-order valence-corrected chi connectivity index (χ3v) is 3.38. The Labute approximate surface area is 104 Å². The largest absolute Gasteiger partial charge is 0.395 e. The molecular formula is C12H25N3O2. The number of hydrogen-bond acceptors (Lipinski definition) is 4. The van der Waals surface area contributed by atoms with Crippen LogP contribution in [0.5, 0.6) is 0 Å². The van der Waals surface area contributed by atoms with Gasteiger partial charge in [0.05, 0.1) is 6.61 Å². The molecule has 0 aliphatic carbocycles. The maximum atomic E-state index is 12.0. The van der Waals surface area contributed by atoms with Crippen LogP contribution in [0, 0.1) is 0 Å². The molecule has 5 heteroatoms. The second-order valence-electron chi connectivity index (χ2n) is 4.70. The molecule has 0 atom stereocenters. The highest BCUT2D eigenvalue weighted by Gasteiger charge is 2.25. The number of aliphatic hydroxyl groups excluding tert-OH is 1. The van der Waals surface area contributed by atoms with Crippen molar-refractivity contribution in [2.75, 3.05) is 46.9 Å². The molecule has 100 valence electrons. The molecule has 0 saturated carbocycles. The van der Waals surface area contributed by atoms with E-state index in [9.17, 15) is 4.79 Å². The van der Waals surface area contributed by atoms with Crippen molar-refractivity contribution in [1.29, 1.82) is 0 Å². The Morgan fingerprint density at radius 1 is 1.47 bits per heavy atom. The molecule has 1 aliphatic heterocycles. The van der Waals surface area contributed by atoms with Gasteiger partial charge in [-0.3, -0.25) is 4.79 Å². The van der Waals surface area contributed by atoms with E-state index < -0.39 is 0 Å². The molecule has 0 aromatic carbocycles. The number of nitrogens with zero attached hydrogens (tertiary/aromatic N) is 2. The molecule has 1 aliphatic rings. The maximum Gasteiger partial charge on any atom is 0.224 e. The Morgan fingerprint density at radius 2 is 2.12 bits per heavy atom. The normalized spacial score (nSPS) is 18.3. The molecule has 0 aromatic heterocycles. The smallest absolute Gasteiger partial charge is 0.224 e. The number of amides is 1. The Hall–Kier alpha value is -0.650. The SMILES string of the molecule is CNCCC(=O)N(CCO)C1CCN(C)CC1. The van der Waals surface area contributed by atoms with Gasteiger partial charge in [0, 0.05) is 25.6 Å². The summed E-state index contributed by atoms with van der Waals surface area (Å²) in [5.41, 5.74) is 0. The molecular weight excluding hydrogens is 218 g/mol. The minimum Gasteiger partial charge on any atom is -0.395 e. The van der Waals surface area contributed by atoms with Gasteiger partial charge in [-0.1, -0.05) is 0 Å². The van der Waals surface area contributed by atoms with Crippen molar-refractivity contribution in [3.8, 4) is 0 Å². The summed E-state index contributed by atoms with van der Waals surface area (Å²) in [4.78, 5) is 16.2. The standard InChI is InChI=1S/C12H25N3O2/c1-13-6-3-12(17)15(9-10-16)11-4-7-14(2)8-5-11/h11,13,16H,3-10H2,1-2H3. The van der Waals surface area contributed by atoms with Gasteiger partial charge in [-0.2, -0.15) is 0 Å². The van der Waals surface area contributed by atoms with Gasteiger partial charge >= 0.3 is 0 Å². The summed E-state index contributed by atoms with van der Waals surface area (Å²) in [6, 6.07) is 0.308. The molecule has 1 heterocycles. The van der Waals surface area contributed by atoms with Crippen molar-refractivity contribution in [3.05, 3.63) is 0 Å². The van der Waals surface area contributed by atoms with Crippen molar-refractivity contribution in [1.82, 2.24) is 15.1 Å². The highest BCUT2D eigenvalue weighted by atomic mass is 16.3. The lowest BCUT2D eigenvalue weighted by Gasteiger charge is -2.37. The molecule has 0 unspecified atom stereocenters. The van der Waals surface area contributed by atoms with Crippen LogP contribution in [-0.2, 0) is 4.79 Å². The first-order chi connectivity index (χ1) is 8.19. The van der Waals surface area contributed by atoms with Crippen LogP contribution in [0.25, 0.3) is 0 Å². The highest BCUT2D eigenvalue weighted by molar-refractivity contribution is 5.76. The van der Waals surface area contributed by atoms with E-state index in [1.165, 1.54) is 0 Å². The molecule has 1 saturated heterocycles. The molecule has 5 nitrogen and oxygen atoms in total. The lowest BCUT2D eigenvalue weighted by atomic mass is 10.0. The quantitative estimate of drug-likeness (QED) is 0.661. The third kappa shape index (κ3) is 4.61. The molecule has 1 amide bonds. The van der Waals surface area contributed by atoms with Crippen molar-refractivity contribution in [2.24, 2.45) is 0 Å². The molecule has 0 radical (unpaired) electrons. The molecule has 1 rings (SSSR count). The zero-order valence-electron chi connectivity index (χ0n) is 11.0. The molecule has 0 spiro atoms. The Morgan fingerprint density at radius 3 is 2.65 bits per heavy atom. The van der Waals surface area contributed by atoms with Gasteiger partial charge in [0.1, 0.15) is 0 Å². The van der Waals surface area contributed by atoms with E-state index in [2.05, 4.69) is 17.3 Å². The Kier molecular flexibility index (Phi) is 6.47. The summed E-state index contributed by atoms with van der Waals surface area (Å²) in [5.74, 6) is 0.156. The number of carbonyl (C=O) groups excluding carboxylic acids is 1. The number of rotatable bonds is 6. The maximum absolute atomic E-state index is 12.0. The molecule has 0 bridgehead atoms. The summed E-state index contributed by atoms with van der Waals surface area (Å²) in [6.07, 6.45) is 2.55. The van der Waals surface area contributed by atoms with Crippen LogP contribution in [0.2, 0.25) is 0 Å². The van der Waals surface area contributed by atoms with Gasteiger partial charge in [0.25, 0.3) is 0 Å². The van der Waals surface area contributed by atoms with Crippen LogP contribution in [0.3, 0.4) is 0 Å². The molecule has 0 aromatic rings. The van der Waals surface area contributed by atoms with Crippen molar-refractivity contribution >= 4 is 5.91 Å². The van der Waals surface area contributed by atoms with Crippen LogP contribution < -0.4 is 5.32 Å². The lowest BCUT2D eigenvalue weighted by Crippen LogP contribution is -2.48. The highest BCUT2D eigenvalue weighted by Crippen LogP contribution is 2.16. The monoisotopic (exact) mass is 243 g/mol. The fourth-order valence-corrected chi connectivity index (χ4v) is 2.30. The molecule has 1 fully saturated rings. The first-order valence-corrected chi connectivity index (χ1v) is 6.42. The topological polar surface area (TPSA) is 55.8 Å². The summed E-state index contributed by atoms with van der Waals surface area (Å²) in [5, 5.41) is 12.1. The van der Waals surface area contributed by atoms with E-state index in [4.69, 9.17) is 5.11 Å². The second kappa shape index (κ2) is 7.63. The number of carbonyl (C=O) groups is 1. The van der Waals surface area contributed by atoms with Crippen LogP contribution in [-0.4, -0.2) is 73.7 Å². The third-order valence-electron chi connectivity index (χ3n) is 3.38. The fourth-order valence-electron chi connectivity index (χ4n) is 2.30. The van der Waals surface area contributed by atoms with Gasteiger partial charge in [-0.25, -0.2) is 0 Å². The van der Waals surface area contributed by atoms with Gasteiger partial charge in [-0.15, -0.1) is 0 Å². The number of likely N-dealkylation sites (tertiary alicyclic amines) is 1. The average molecular weight is 243 g/mol. The van der Waals surface area contributed by atoms with E-state index in [1.54, 1.807) is 0 Å². The van der Waals surface area contributed by atoms with Crippen molar-refractivity contribution in [2.45, 2.75) is 25.3 Å². The van der Waals surface area contributed by atoms with Crippen LogP contribution in [0.4, 0.5) is 0 Å². The summed E-state index contributed by atoms with van der Waals surface area (Å²) in [7, 11) is 3.95. The van der Waals surface area contributed by atoms with E-state index in [-0.39, 0.29) is 12.5 Å². The Balaban J connectivity index is 2.49. The van der Waals surface area contributed by atoms with E-state index in [1.807, 2.05) is 11.9 Å². The minimum atomic E-state index is 0.0532. The van der Waals surface area contributed by atoms with Crippen molar-refractivity contribution < 1.29 is 9.90 Å². The predicted octanol–water partition coefficient (Wildman–Crippen LogP) is -0.489.